The standard InChI is InChI=1S/C20H12F6N6O2S/c1-10-8-15(31-6-4-14(30-31)18-27-5-7-35-18)16(32(33)34)17(28-10)29-13-3-2-11(19(21,22)23)9-12(13)20(24,25)26/h2-9H,1H3,(H,28,29). The molecule has 3 heterocycles. The molecule has 0 bridgehead atoms. The van der Waals surface area contributed by atoms with Gasteiger partial charge in [-0.1, -0.05) is 0 Å². The van der Waals surface area contributed by atoms with Crippen LogP contribution in [0.4, 0.5) is 43.5 Å². The lowest BCUT2D eigenvalue weighted by Gasteiger charge is -2.17. The monoisotopic (exact) mass is 514 g/mol. The number of rotatable bonds is 5. The van der Waals surface area contributed by atoms with Crippen molar-refractivity contribution in [2.24, 2.45) is 0 Å². The fraction of sp³-hybridized carbons (Fsp3) is 0.150. The summed E-state index contributed by atoms with van der Waals surface area (Å²) in [6, 6.07) is 3.77. The number of nitrogens with one attached hydrogen (secondary N) is 1. The van der Waals surface area contributed by atoms with Gasteiger partial charge in [0.1, 0.15) is 16.4 Å². The van der Waals surface area contributed by atoms with E-state index >= 15 is 0 Å². The van der Waals surface area contributed by atoms with Crippen molar-refractivity contribution >= 4 is 28.5 Å². The van der Waals surface area contributed by atoms with Crippen LogP contribution in [0.15, 0.2) is 48.1 Å². The predicted octanol–water partition coefficient (Wildman–Crippen LogP) is 6.39. The van der Waals surface area contributed by atoms with E-state index in [1.54, 1.807) is 17.6 Å². The Morgan fingerprint density at radius 1 is 1.09 bits per heavy atom. The number of hydrogen-bond donors (Lipinski definition) is 1. The molecule has 4 aromatic rings. The fourth-order valence-corrected chi connectivity index (χ4v) is 3.81. The Kier molecular flexibility index (Phi) is 5.96. The highest BCUT2D eigenvalue weighted by molar-refractivity contribution is 7.13. The van der Waals surface area contributed by atoms with Crippen molar-refractivity contribution in [3.8, 4) is 16.4 Å². The summed E-state index contributed by atoms with van der Waals surface area (Å²) in [4.78, 5) is 19.1. The quantitative estimate of drug-likeness (QED) is 0.188. The number of anilines is 2. The first-order chi connectivity index (χ1) is 16.3. The molecule has 4 rings (SSSR count). The van der Waals surface area contributed by atoms with Crippen molar-refractivity contribution in [1.29, 1.82) is 0 Å². The molecule has 182 valence electrons. The van der Waals surface area contributed by atoms with Crippen molar-refractivity contribution in [3.05, 3.63) is 75.0 Å². The Bertz CT molecular complexity index is 1400. The normalized spacial score (nSPS) is 12.1. The maximum absolute atomic E-state index is 13.6. The smallest absolute Gasteiger partial charge is 0.334 e. The summed E-state index contributed by atoms with van der Waals surface area (Å²) in [6.45, 7) is 1.45. The zero-order chi connectivity index (χ0) is 25.5. The van der Waals surface area contributed by atoms with E-state index in [0.29, 0.717) is 22.8 Å². The maximum atomic E-state index is 13.6. The van der Waals surface area contributed by atoms with E-state index in [1.165, 1.54) is 30.5 Å². The Morgan fingerprint density at radius 3 is 2.43 bits per heavy atom. The van der Waals surface area contributed by atoms with Crippen LogP contribution >= 0.6 is 11.3 Å². The molecule has 0 fully saturated rings. The van der Waals surface area contributed by atoms with Crippen LogP contribution in [0.25, 0.3) is 16.4 Å². The van der Waals surface area contributed by atoms with Crippen LogP contribution in [0.3, 0.4) is 0 Å². The lowest BCUT2D eigenvalue weighted by Crippen LogP contribution is -2.14. The third-order valence-corrected chi connectivity index (χ3v) is 5.47. The van der Waals surface area contributed by atoms with E-state index in [4.69, 9.17) is 0 Å². The van der Waals surface area contributed by atoms with E-state index < -0.39 is 45.6 Å². The van der Waals surface area contributed by atoms with Crippen LogP contribution < -0.4 is 5.32 Å². The summed E-state index contributed by atoms with van der Waals surface area (Å²) in [5, 5.41) is 20.6. The van der Waals surface area contributed by atoms with Crippen LogP contribution in [0.5, 0.6) is 0 Å². The van der Waals surface area contributed by atoms with Crippen molar-refractivity contribution in [2.45, 2.75) is 19.3 Å². The van der Waals surface area contributed by atoms with E-state index in [-0.39, 0.29) is 17.4 Å². The molecule has 0 saturated carbocycles. The first-order valence-corrected chi connectivity index (χ1v) is 10.4. The molecule has 35 heavy (non-hydrogen) atoms. The Morgan fingerprint density at radius 2 is 1.83 bits per heavy atom. The van der Waals surface area contributed by atoms with E-state index in [2.05, 4.69) is 20.4 Å². The molecule has 0 aliphatic rings. The second-order valence-corrected chi connectivity index (χ2v) is 8.00. The van der Waals surface area contributed by atoms with Crippen LogP contribution in [-0.2, 0) is 12.4 Å². The van der Waals surface area contributed by atoms with Gasteiger partial charge in [-0.15, -0.1) is 11.3 Å². The summed E-state index contributed by atoms with van der Waals surface area (Å²) < 4.78 is 80.8. The third-order valence-electron chi connectivity index (χ3n) is 4.68. The average Bonchev–Trinajstić information content (AvgIpc) is 3.43. The molecular formula is C20H12F6N6O2S. The number of thiazole rings is 1. The number of nitrogens with zero attached hydrogens (tertiary/aromatic N) is 5. The van der Waals surface area contributed by atoms with Gasteiger partial charge in [0, 0.05) is 23.5 Å². The minimum absolute atomic E-state index is 0.0708. The largest absolute Gasteiger partial charge is 0.418 e. The van der Waals surface area contributed by atoms with Crippen LogP contribution in [-0.4, -0.2) is 24.7 Å². The number of nitro groups is 1. The maximum Gasteiger partial charge on any atom is 0.418 e. The van der Waals surface area contributed by atoms with Gasteiger partial charge in [-0.3, -0.25) is 10.1 Å². The number of aryl methyl sites for hydroxylation is 1. The highest BCUT2D eigenvalue weighted by Crippen LogP contribution is 2.41. The van der Waals surface area contributed by atoms with Gasteiger partial charge < -0.3 is 5.32 Å². The van der Waals surface area contributed by atoms with Crippen molar-refractivity contribution in [1.82, 2.24) is 19.7 Å². The second-order valence-electron chi connectivity index (χ2n) is 7.10. The molecule has 1 aromatic carbocycles. The van der Waals surface area contributed by atoms with E-state index in [9.17, 15) is 36.5 Å². The van der Waals surface area contributed by atoms with Gasteiger partial charge in [0.05, 0.1) is 21.7 Å². The van der Waals surface area contributed by atoms with E-state index in [0.717, 1.165) is 4.68 Å². The van der Waals surface area contributed by atoms with Crippen molar-refractivity contribution in [2.75, 3.05) is 5.32 Å². The first kappa shape index (κ1) is 24.1. The lowest BCUT2D eigenvalue weighted by atomic mass is 10.1. The molecular weight excluding hydrogens is 502 g/mol. The van der Waals surface area contributed by atoms with Gasteiger partial charge >= 0.3 is 18.0 Å². The molecule has 1 N–H and O–H groups in total. The Balaban J connectivity index is 1.84. The number of halogens is 6. The molecule has 0 atom stereocenters. The SMILES string of the molecule is Cc1cc(-n2ccc(-c3nccs3)n2)c([N+](=O)[O-])c(Nc2ccc(C(F)(F)F)cc2C(F)(F)F)n1. The zero-order valence-electron chi connectivity index (χ0n) is 17.3. The third kappa shape index (κ3) is 4.94. The molecule has 0 unspecified atom stereocenters. The van der Waals surface area contributed by atoms with Gasteiger partial charge in [0.15, 0.2) is 0 Å². The minimum Gasteiger partial charge on any atom is -0.334 e. The summed E-state index contributed by atoms with van der Waals surface area (Å²) in [5.74, 6) is -0.596. The topological polar surface area (TPSA) is 98.8 Å². The highest BCUT2D eigenvalue weighted by atomic mass is 32.1. The number of benzene rings is 1. The zero-order valence-corrected chi connectivity index (χ0v) is 18.2. The molecule has 0 aliphatic carbocycles. The lowest BCUT2D eigenvalue weighted by molar-refractivity contribution is -0.384. The number of hydrogen-bond acceptors (Lipinski definition) is 7. The summed E-state index contributed by atoms with van der Waals surface area (Å²) in [5.41, 5.74) is -4.27. The van der Waals surface area contributed by atoms with Crippen molar-refractivity contribution < 1.29 is 31.3 Å². The number of alkyl halides is 6. The molecule has 15 heteroatoms. The van der Waals surface area contributed by atoms with Crippen molar-refractivity contribution in [3.63, 3.8) is 0 Å². The predicted molar refractivity (Wildman–Crippen MR) is 114 cm³/mol. The van der Waals surface area contributed by atoms with Crippen LogP contribution in [0, 0.1) is 17.0 Å². The summed E-state index contributed by atoms with van der Waals surface area (Å²) >= 11 is 1.28. The van der Waals surface area contributed by atoms with Gasteiger partial charge in [0.2, 0.25) is 5.82 Å². The average molecular weight is 514 g/mol. The first-order valence-electron chi connectivity index (χ1n) is 9.52. The molecule has 0 spiro atoms. The molecule has 0 radical (unpaired) electrons. The molecule has 8 nitrogen and oxygen atoms in total. The Hall–Kier alpha value is -4.01. The summed E-state index contributed by atoms with van der Waals surface area (Å²) in [6.07, 6.45) is -7.26. The number of aromatic nitrogens is 4. The Labute approximate surface area is 196 Å². The molecule has 0 amide bonds. The molecule has 0 aliphatic heterocycles. The van der Waals surface area contributed by atoms with Crippen LogP contribution in [0.1, 0.15) is 16.8 Å². The minimum atomic E-state index is -5.18. The van der Waals surface area contributed by atoms with Gasteiger partial charge in [-0.2, -0.15) is 31.4 Å². The summed E-state index contributed by atoms with van der Waals surface area (Å²) in [7, 11) is 0. The highest BCUT2D eigenvalue weighted by Gasteiger charge is 2.39. The fourth-order valence-electron chi connectivity index (χ4n) is 3.20. The van der Waals surface area contributed by atoms with E-state index in [1.807, 2.05) is 0 Å². The molecule has 3 aromatic heterocycles. The van der Waals surface area contributed by atoms with Gasteiger partial charge in [-0.05, 0) is 37.3 Å². The molecule has 0 saturated heterocycles. The second kappa shape index (κ2) is 8.65. The van der Waals surface area contributed by atoms with Gasteiger partial charge in [0.25, 0.3) is 0 Å². The van der Waals surface area contributed by atoms with Gasteiger partial charge in [-0.25, -0.2) is 14.6 Å². The number of pyridine rings is 1. The van der Waals surface area contributed by atoms with Crippen LogP contribution in [0.2, 0.25) is 0 Å².